The highest BCUT2D eigenvalue weighted by atomic mass is 16.5. The second-order valence-electron chi connectivity index (χ2n) is 5.88. The molecule has 1 aromatic carbocycles. The Balaban J connectivity index is 2.14. The quantitative estimate of drug-likeness (QED) is 0.672. The normalized spacial score (nSPS) is 16.4. The third kappa shape index (κ3) is 5.30. The maximum Gasteiger partial charge on any atom is 0.338 e. The lowest BCUT2D eigenvalue weighted by molar-refractivity contribution is -0.139. The molecule has 0 spiro atoms. The van der Waals surface area contributed by atoms with Crippen LogP contribution in [0.2, 0.25) is 0 Å². The Bertz CT molecular complexity index is 726. The summed E-state index contributed by atoms with van der Waals surface area (Å²) in [6, 6.07) is 5.84. The summed E-state index contributed by atoms with van der Waals surface area (Å²) in [5.41, 5.74) is 1.79. The number of amides is 2. The lowest BCUT2D eigenvalue weighted by Crippen LogP contribution is -2.51. The summed E-state index contributed by atoms with van der Waals surface area (Å²) in [6.45, 7) is 3.94. The fourth-order valence-electron chi connectivity index (χ4n) is 2.70. The number of benzene rings is 1. The molecule has 1 aromatic rings. The van der Waals surface area contributed by atoms with E-state index in [1.807, 2.05) is 6.92 Å². The molecule has 2 N–H and O–H groups in total. The van der Waals surface area contributed by atoms with Gasteiger partial charge in [0.05, 0.1) is 36.1 Å². The van der Waals surface area contributed by atoms with Gasteiger partial charge < -0.3 is 24.8 Å². The molecule has 0 bridgehead atoms. The van der Waals surface area contributed by atoms with Crippen LogP contribution in [0.4, 0.5) is 4.79 Å². The molecule has 27 heavy (non-hydrogen) atoms. The number of carbonyl (C=O) groups excluding carboxylic acids is 3. The second-order valence-corrected chi connectivity index (χ2v) is 5.88. The van der Waals surface area contributed by atoms with Crippen molar-refractivity contribution in [3.05, 3.63) is 46.7 Å². The lowest BCUT2D eigenvalue weighted by atomic mass is 10.0. The molecule has 0 fully saturated rings. The molecule has 1 heterocycles. The Kier molecular flexibility index (Phi) is 7.36. The number of carbonyl (C=O) groups is 3. The minimum absolute atomic E-state index is 0.202. The number of rotatable bonds is 8. The largest absolute Gasteiger partial charge is 0.463 e. The highest BCUT2D eigenvalue weighted by Gasteiger charge is 2.32. The number of ether oxygens (including phenoxy) is 3. The van der Waals surface area contributed by atoms with E-state index in [1.54, 1.807) is 38.3 Å². The summed E-state index contributed by atoms with van der Waals surface area (Å²) in [5.74, 6) is -1.11. The number of methoxy groups -OCH3 is 1. The van der Waals surface area contributed by atoms with Crippen LogP contribution in [-0.4, -0.2) is 44.3 Å². The van der Waals surface area contributed by atoms with Gasteiger partial charge in [-0.05, 0) is 31.0 Å². The SMILES string of the molecule is CCOC(=O)C1=C(COC(=O)c2ccc(COC)cc2)NC(=O)NC1CC. The number of esters is 2. The summed E-state index contributed by atoms with van der Waals surface area (Å²) < 4.78 is 15.4. The van der Waals surface area contributed by atoms with Gasteiger partial charge >= 0.3 is 18.0 Å². The van der Waals surface area contributed by atoms with Crippen LogP contribution in [0.15, 0.2) is 35.5 Å². The molecule has 1 aliphatic rings. The number of urea groups is 1. The monoisotopic (exact) mass is 376 g/mol. The smallest absolute Gasteiger partial charge is 0.338 e. The van der Waals surface area contributed by atoms with Crippen molar-refractivity contribution in [1.82, 2.24) is 10.6 Å². The van der Waals surface area contributed by atoms with E-state index in [2.05, 4.69) is 10.6 Å². The summed E-state index contributed by atoms with van der Waals surface area (Å²) in [4.78, 5) is 36.4. The average molecular weight is 376 g/mol. The van der Waals surface area contributed by atoms with Crippen LogP contribution in [0, 0.1) is 0 Å². The second kappa shape index (κ2) is 9.72. The van der Waals surface area contributed by atoms with Crippen LogP contribution in [0.3, 0.4) is 0 Å². The van der Waals surface area contributed by atoms with Gasteiger partial charge in [0.15, 0.2) is 0 Å². The predicted octanol–water partition coefficient (Wildman–Crippen LogP) is 1.90. The summed E-state index contributed by atoms with van der Waals surface area (Å²) >= 11 is 0. The van der Waals surface area contributed by atoms with Crippen molar-refractivity contribution < 1.29 is 28.6 Å². The van der Waals surface area contributed by atoms with Gasteiger partial charge in [0.1, 0.15) is 6.61 Å². The molecule has 146 valence electrons. The van der Waals surface area contributed by atoms with Crippen molar-refractivity contribution >= 4 is 18.0 Å². The molecule has 0 saturated carbocycles. The third-order valence-corrected chi connectivity index (χ3v) is 4.00. The Morgan fingerprint density at radius 1 is 1.04 bits per heavy atom. The number of hydrogen-bond acceptors (Lipinski definition) is 6. The molecular weight excluding hydrogens is 352 g/mol. The maximum absolute atomic E-state index is 12.3. The van der Waals surface area contributed by atoms with Crippen molar-refractivity contribution in [2.75, 3.05) is 20.3 Å². The van der Waals surface area contributed by atoms with Gasteiger partial charge in [-0.1, -0.05) is 19.1 Å². The van der Waals surface area contributed by atoms with Crippen molar-refractivity contribution in [2.24, 2.45) is 0 Å². The maximum atomic E-state index is 12.3. The molecule has 0 saturated heterocycles. The minimum Gasteiger partial charge on any atom is -0.463 e. The molecule has 0 aliphatic carbocycles. The van der Waals surface area contributed by atoms with E-state index in [1.165, 1.54) is 0 Å². The first kappa shape index (κ1) is 20.4. The van der Waals surface area contributed by atoms with Gasteiger partial charge in [0.25, 0.3) is 0 Å². The van der Waals surface area contributed by atoms with E-state index in [0.29, 0.717) is 18.6 Å². The highest BCUT2D eigenvalue weighted by molar-refractivity contribution is 5.95. The Morgan fingerprint density at radius 2 is 1.74 bits per heavy atom. The van der Waals surface area contributed by atoms with Crippen molar-refractivity contribution in [3.8, 4) is 0 Å². The van der Waals surface area contributed by atoms with E-state index in [9.17, 15) is 14.4 Å². The van der Waals surface area contributed by atoms with Crippen molar-refractivity contribution in [1.29, 1.82) is 0 Å². The summed E-state index contributed by atoms with van der Waals surface area (Å²) in [6.07, 6.45) is 0.500. The van der Waals surface area contributed by atoms with Gasteiger partial charge in [-0.3, -0.25) is 0 Å². The number of nitrogens with one attached hydrogen (secondary N) is 2. The van der Waals surface area contributed by atoms with Crippen LogP contribution in [0.5, 0.6) is 0 Å². The zero-order chi connectivity index (χ0) is 19.8. The molecule has 0 radical (unpaired) electrons. The van der Waals surface area contributed by atoms with Gasteiger partial charge in [-0.25, -0.2) is 14.4 Å². The minimum atomic E-state index is -0.560. The first-order valence-electron chi connectivity index (χ1n) is 8.72. The topological polar surface area (TPSA) is 103 Å². The molecule has 0 aromatic heterocycles. The van der Waals surface area contributed by atoms with Crippen LogP contribution in [0.1, 0.15) is 36.2 Å². The fraction of sp³-hybridized carbons (Fsp3) is 0.421. The van der Waals surface area contributed by atoms with Crippen molar-refractivity contribution in [3.63, 3.8) is 0 Å². The first-order valence-corrected chi connectivity index (χ1v) is 8.72. The van der Waals surface area contributed by atoms with E-state index < -0.39 is 24.0 Å². The third-order valence-electron chi connectivity index (χ3n) is 4.00. The molecule has 1 aliphatic heterocycles. The van der Waals surface area contributed by atoms with Crippen molar-refractivity contribution in [2.45, 2.75) is 32.9 Å². The molecule has 2 rings (SSSR count). The predicted molar refractivity (Wildman–Crippen MR) is 96.8 cm³/mol. The van der Waals surface area contributed by atoms with Gasteiger partial charge in [0.2, 0.25) is 0 Å². The average Bonchev–Trinajstić information content (AvgIpc) is 2.66. The van der Waals surface area contributed by atoms with Crippen LogP contribution >= 0.6 is 0 Å². The molecule has 2 amide bonds. The lowest BCUT2D eigenvalue weighted by Gasteiger charge is -2.28. The Hall–Kier alpha value is -2.87. The van der Waals surface area contributed by atoms with Crippen LogP contribution < -0.4 is 10.6 Å². The zero-order valence-corrected chi connectivity index (χ0v) is 15.7. The molecule has 1 atom stereocenters. The van der Waals surface area contributed by atoms with Crippen LogP contribution in [0.25, 0.3) is 0 Å². The summed E-state index contributed by atoms with van der Waals surface area (Å²) in [5, 5.41) is 5.20. The van der Waals surface area contributed by atoms with E-state index in [-0.39, 0.29) is 24.5 Å². The van der Waals surface area contributed by atoms with Gasteiger partial charge in [-0.15, -0.1) is 0 Å². The van der Waals surface area contributed by atoms with Crippen LogP contribution in [-0.2, 0) is 25.6 Å². The zero-order valence-electron chi connectivity index (χ0n) is 15.7. The van der Waals surface area contributed by atoms with E-state index in [0.717, 1.165) is 5.56 Å². The summed E-state index contributed by atoms with van der Waals surface area (Å²) in [7, 11) is 1.59. The van der Waals surface area contributed by atoms with Gasteiger partial charge in [-0.2, -0.15) is 0 Å². The Morgan fingerprint density at radius 3 is 2.33 bits per heavy atom. The molecule has 1 unspecified atom stereocenters. The first-order chi connectivity index (χ1) is 13.0. The van der Waals surface area contributed by atoms with Gasteiger partial charge in [0, 0.05) is 7.11 Å². The molecule has 8 heteroatoms. The Labute approximate surface area is 157 Å². The molecule has 8 nitrogen and oxygen atoms in total. The highest BCUT2D eigenvalue weighted by Crippen LogP contribution is 2.18. The standard InChI is InChI=1S/C19H24N2O6/c1-4-14-16(18(23)26-5-2)15(21-19(24)20-14)11-27-17(22)13-8-6-12(7-9-13)10-25-3/h6-9,14H,4-5,10-11H2,1-3H3,(H2,20,21,24). The van der Waals surface area contributed by atoms with E-state index in [4.69, 9.17) is 14.2 Å². The molecular formula is C19H24N2O6. The van der Waals surface area contributed by atoms with E-state index >= 15 is 0 Å². The number of hydrogen-bond donors (Lipinski definition) is 2. The fourth-order valence-corrected chi connectivity index (χ4v) is 2.70.